The van der Waals surface area contributed by atoms with Crippen LogP contribution in [0, 0.1) is 0 Å². The van der Waals surface area contributed by atoms with Crippen molar-refractivity contribution in [2.75, 3.05) is 5.73 Å². The van der Waals surface area contributed by atoms with Crippen LogP contribution < -0.4 is 5.73 Å². The summed E-state index contributed by atoms with van der Waals surface area (Å²) in [7, 11) is 0. The van der Waals surface area contributed by atoms with Crippen LogP contribution in [0.3, 0.4) is 0 Å². The second-order valence-corrected chi connectivity index (χ2v) is 6.96. The molecule has 2 aromatic rings. The molecule has 0 aliphatic rings. The molecule has 0 fully saturated rings. The normalized spacial score (nSPS) is 11.6. The molecule has 0 atom stereocenters. The summed E-state index contributed by atoms with van der Waals surface area (Å²) in [5, 5.41) is 1.66. The summed E-state index contributed by atoms with van der Waals surface area (Å²) in [6, 6.07) is 5.59. The Kier molecular flexibility index (Phi) is 4.10. The zero-order valence-electron chi connectivity index (χ0n) is 11.0. The van der Waals surface area contributed by atoms with Gasteiger partial charge in [-0.05, 0) is 39.8 Å². The topological polar surface area (TPSA) is 64.7 Å². The fraction of sp³-hybridized carbons (Fsp3) is 0.308. The zero-order chi connectivity index (χ0) is 14.0. The molecule has 0 unspecified atom stereocenters. The molecule has 4 nitrogen and oxygen atoms in total. The van der Waals surface area contributed by atoms with Gasteiger partial charge in [0.05, 0.1) is 4.47 Å². The van der Waals surface area contributed by atoms with Crippen molar-refractivity contribution in [2.45, 2.75) is 36.2 Å². The number of nitrogen functional groups attached to an aromatic ring is 1. The van der Waals surface area contributed by atoms with Crippen LogP contribution in [0.15, 0.2) is 38.9 Å². The van der Waals surface area contributed by atoms with Crippen molar-refractivity contribution in [3.8, 4) is 0 Å². The maximum absolute atomic E-state index is 5.85. The smallest absolute Gasteiger partial charge is 0.137 e. The van der Waals surface area contributed by atoms with Gasteiger partial charge in [-0.1, -0.05) is 20.8 Å². The minimum atomic E-state index is -0.133. The Morgan fingerprint density at radius 1 is 1.26 bits per heavy atom. The molecule has 2 aromatic heterocycles. The Bertz CT molecular complexity index is 595. The molecule has 0 aliphatic heterocycles. The predicted molar refractivity (Wildman–Crippen MR) is 81.2 cm³/mol. The van der Waals surface area contributed by atoms with Crippen molar-refractivity contribution in [3.05, 3.63) is 34.7 Å². The van der Waals surface area contributed by atoms with Crippen LogP contribution in [-0.4, -0.2) is 15.0 Å². The molecule has 2 heterocycles. The fourth-order valence-corrected chi connectivity index (χ4v) is 2.66. The summed E-state index contributed by atoms with van der Waals surface area (Å²) in [4.78, 5) is 13.2. The molecule has 0 aromatic carbocycles. The maximum atomic E-state index is 5.85. The van der Waals surface area contributed by atoms with Gasteiger partial charge in [0.25, 0.3) is 0 Å². The minimum absolute atomic E-state index is 0.133. The van der Waals surface area contributed by atoms with Gasteiger partial charge in [0, 0.05) is 17.7 Å². The molecule has 0 amide bonds. The number of nitrogens with two attached hydrogens (primary N) is 1. The highest BCUT2D eigenvalue weighted by atomic mass is 79.9. The van der Waals surface area contributed by atoms with Gasteiger partial charge in [-0.3, -0.25) is 0 Å². The molecule has 100 valence electrons. The Morgan fingerprint density at radius 3 is 2.63 bits per heavy atom. The van der Waals surface area contributed by atoms with E-state index in [4.69, 9.17) is 5.73 Å². The summed E-state index contributed by atoms with van der Waals surface area (Å²) in [5.41, 5.74) is 5.72. The number of halogens is 1. The first-order chi connectivity index (χ1) is 8.86. The molecule has 0 spiro atoms. The van der Waals surface area contributed by atoms with Gasteiger partial charge in [-0.2, -0.15) is 0 Å². The lowest BCUT2D eigenvalue weighted by Crippen LogP contribution is -2.17. The van der Waals surface area contributed by atoms with E-state index < -0.39 is 0 Å². The van der Waals surface area contributed by atoms with E-state index in [1.165, 1.54) is 11.8 Å². The van der Waals surface area contributed by atoms with E-state index in [2.05, 4.69) is 51.7 Å². The van der Waals surface area contributed by atoms with E-state index in [9.17, 15) is 0 Å². The van der Waals surface area contributed by atoms with Crippen molar-refractivity contribution < 1.29 is 0 Å². The fourth-order valence-electron chi connectivity index (χ4n) is 1.38. The highest BCUT2D eigenvalue weighted by Gasteiger charge is 2.19. The largest absolute Gasteiger partial charge is 0.384 e. The van der Waals surface area contributed by atoms with Crippen molar-refractivity contribution >= 4 is 33.5 Å². The first kappa shape index (κ1) is 14.3. The molecular weight excluding hydrogens is 324 g/mol. The summed E-state index contributed by atoms with van der Waals surface area (Å²) in [5.74, 6) is 1.22. The van der Waals surface area contributed by atoms with Crippen LogP contribution in [0.4, 0.5) is 5.82 Å². The molecular formula is C13H15BrN4S. The van der Waals surface area contributed by atoms with E-state index in [1.54, 1.807) is 12.3 Å². The van der Waals surface area contributed by atoms with Gasteiger partial charge in [0.15, 0.2) is 0 Å². The van der Waals surface area contributed by atoms with E-state index >= 15 is 0 Å². The molecule has 0 radical (unpaired) electrons. The summed E-state index contributed by atoms with van der Waals surface area (Å²) >= 11 is 4.94. The van der Waals surface area contributed by atoms with Crippen molar-refractivity contribution in [1.29, 1.82) is 0 Å². The second-order valence-electron chi connectivity index (χ2n) is 5.10. The molecule has 2 N–H and O–H groups in total. The van der Waals surface area contributed by atoms with Crippen molar-refractivity contribution in [3.63, 3.8) is 0 Å². The molecule has 0 aliphatic carbocycles. The number of rotatable bonds is 2. The minimum Gasteiger partial charge on any atom is -0.384 e. The van der Waals surface area contributed by atoms with Gasteiger partial charge in [0.1, 0.15) is 21.7 Å². The number of hydrogen-bond donors (Lipinski definition) is 1. The lowest BCUT2D eigenvalue weighted by atomic mass is 9.96. The van der Waals surface area contributed by atoms with Gasteiger partial charge in [-0.15, -0.1) is 0 Å². The predicted octanol–water partition coefficient (Wildman–Crippen LogP) is 3.67. The third-order valence-corrected chi connectivity index (χ3v) is 4.16. The number of hydrogen-bond acceptors (Lipinski definition) is 5. The average molecular weight is 339 g/mol. The monoisotopic (exact) mass is 338 g/mol. The van der Waals surface area contributed by atoms with Crippen molar-refractivity contribution in [1.82, 2.24) is 15.0 Å². The Labute approximate surface area is 125 Å². The molecule has 19 heavy (non-hydrogen) atoms. The third kappa shape index (κ3) is 3.67. The SMILES string of the molecule is CC(C)(C)c1nc(N)cc(Sc2ncccc2Br)n1. The van der Waals surface area contributed by atoms with Gasteiger partial charge >= 0.3 is 0 Å². The first-order valence-electron chi connectivity index (χ1n) is 5.79. The quantitative estimate of drug-likeness (QED) is 0.846. The van der Waals surface area contributed by atoms with Crippen LogP contribution in [0.2, 0.25) is 0 Å². The second kappa shape index (κ2) is 5.46. The summed E-state index contributed by atoms with van der Waals surface area (Å²) in [6.07, 6.45) is 1.75. The first-order valence-corrected chi connectivity index (χ1v) is 7.40. The van der Waals surface area contributed by atoms with Gasteiger partial charge < -0.3 is 5.73 Å². The molecule has 0 saturated carbocycles. The van der Waals surface area contributed by atoms with E-state index in [1.807, 2.05) is 12.1 Å². The van der Waals surface area contributed by atoms with Gasteiger partial charge in [-0.25, -0.2) is 15.0 Å². The van der Waals surface area contributed by atoms with E-state index in [0.717, 1.165) is 20.3 Å². The third-order valence-electron chi connectivity index (χ3n) is 2.32. The lowest BCUT2D eigenvalue weighted by molar-refractivity contribution is 0.539. The van der Waals surface area contributed by atoms with Crippen LogP contribution in [0.1, 0.15) is 26.6 Å². The highest BCUT2D eigenvalue weighted by molar-refractivity contribution is 9.10. The van der Waals surface area contributed by atoms with Crippen molar-refractivity contribution in [2.24, 2.45) is 0 Å². The highest BCUT2D eigenvalue weighted by Crippen LogP contribution is 2.32. The molecule has 2 rings (SSSR count). The number of aromatic nitrogens is 3. The number of pyridine rings is 1. The van der Waals surface area contributed by atoms with Crippen LogP contribution in [0.5, 0.6) is 0 Å². The van der Waals surface area contributed by atoms with E-state index in [-0.39, 0.29) is 5.41 Å². The Morgan fingerprint density at radius 2 is 2.00 bits per heavy atom. The van der Waals surface area contributed by atoms with Crippen LogP contribution >= 0.6 is 27.7 Å². The lowest BCUT2D eigenvalue weighted by Gasteiger charge is -2.17. The maximum Gasteiger partial charge on any atom is 0.137 e. The molecule has 0 saturated heterocycles. The number of nitrogens with zero attached hydrogens (tertiary/aromatic N) is 3. The summed E-state index contributed by atoms with van der Waals surface area (Å²) < 4.78 is 0.939. The molecule has 0 bridgehead atoms. The summed E-state index contributed by atoms with van der Waals surface area (Å²) in [6.45, 7) is 6.19. The Balaban J connectivity index is 2.36. The number of anilines is 1. The zero-order valence-corrected chi connectivity index (χ0v) is 13.4. The van der Waals surface area contributed by atoms with Crippen LogP contribution in [-0.2, 0) is 5.41 Å². The van der Waals surface area contributed by atoms with E-state index in [0.29, 0.717) is 5.82 Å². The standard InChI is InChI=1S/C13H15BrN4S/c1-13(2,3)12-17-9(15)7-10(18-12)19-11-8(14)5-4-6-16-11/h4-7H,1-3H3,(H2,15,17,18). The molecule has 6 heteroatoms. The average Bonchev–Trinajstić information content (AvgIpc) is 2.30. The Hall–Kier alpha value is -1.14. The van der Waals surface area contributed by atoms with Gasteiger partial charge in [0.2, 0.25) is 0 Å². The van der Waals surface area contributed by atoms with Crippen LogP contribution in [0.25, 0.3) is 0 Å².